The largest absolute Gasteiger partial charge is 0.460 e. The lowest BCUT2D eigenvalue weighted by Crippen LogP contribution is -2.66. The lowest BCUT2D eigenvalue weighted by molar-refractivity contribution is -0.424. The molecule has 21 heavy (non-hydrogen) atoms. The van der Waals surface area contributed by atoms with Crippen molar-refractivity contribution in [2.75, 3.05) is 0 Å². The van der Waals surface area contributed by atoms with Crippen LogP contribution in [-0.4, -0.2) is 35.8 Å². The van der Waals surface area contributed by atoms with Gasteiger partial charge in [-0.1, -0.05) is 0 Å². The third-order valence-corrected chi connectivity index (χ3v) is 2.14. The first-order valence-electron chi connectivity index (χ1n) is 4.66. The van der Waals surface area contributed by atoms with Crippen molar-refractivity contribution in [2.45, 2.75) is 49.1 Å². The van der Waals surface area contributed by atoms with E-state index in [9.17, 15) is 57.1 Å². The molecule has 0 aromatic heterocycles. The zero-order chi connectivity index (χ0) is 17.7. The lowest BCUT2D eigenvalue weighted by atomic mass is 9.94. The van der Waals surface area contributed by atoms with Gasteiger partial charge in [0.05, 0.1) is 6.42 Å². The van der Waals surface area contributed by atoms with Crippen LogP contribution in [0.1, 0.15) is 13.3 Å². The molecule has 0 spiro atoms. The second kappa shape index (κ2) is 4.80. The normalized spacial score (nSPS) is 16.3. The Kier molecular flexibility index (Phi) is 4.59. The van der Waals surface area contributed by atoms with Crippen LogP contribution >= 0.6 is 0 Å². The summed E-state index contributed by atoms with van der Waals surface area (Å²) in [7, 11) is 0. The molecule has 0 unspecified atom stereocenters. The molecule has 0 atom stereocenters. The van der Waals surface area contributed by atoms with E-state index in [2.05, 4.69) is 0 Å². The van der Waals surface area contributed by atoms with Gasteiger partial charge >= 0.3 is 29.9 Å². The molecule has 0 saturated carbocycles. The molecule has 0 bridgehead atoms. The molecule has 0 radical (unpaired) electrons. The van der Waals surface area contributed by atoms with Crippen molar-refractivity contribution in [3.05, 3.63) is 0 Å². The lowest BCUT2D eigenvalue weighted by Gasteiger charge is -2.37. The highest BCUT2D eigenvalue weighted by Gasteiger charge is 2.87. The topological polar surface area (TPSA) is 0 Å². The molecule has 13 heteroatoms. The Morgan fingerprint density at radius 1 is 0.524 bits per heavy atom. The zero-order valence-electron chi connectivity index (χ0n) is 9.62. The first kappa shape index (κ1) is 20.1. The molecule has 0 saturated heterocycles. The van der Waals surface area contributed by atoms with Crippen LogP contribution in [0.25, 0.3) is 0 Å². The summed E-state index contributed by atoms with van der Waals surface area (Å²) in [6.07, 6.45) is -10.7. The van der Waals surface area contributed by atoms with E-state index in [1.165, 1.54) is 0 Å². The Bertz CT molecular complexity index is 371. The van der Waals surface area contributed by atoms with E-state index in [1.54, 1.807) is 0 Å². The van der Waals surface area contributed by atoms with Gasteiger partial charge in [-0.3, -0.25) is 0 Å². The Labute approximate surface area is 107 Å². The van der Waals surface area contributed by atoms with Gasteiger partial charge in [-0.25, -0.2) is 8.78 Å². The summed E-state index contributed by atoms with van der Waals surface area (Å²) in [6, 6.07) is 0. The summed E-state index contributed by atoms with van der Waals surface area (Å²) in [5.74, 6) is -33.8. The Morgan fingerprint density at radius 3 is 1.10 bits per heavy atom. The van der Waals surface area contributed by atoms with Gasteiger partial charge in [0.25, 0.3) is 5.92 Å². The third kappa shape index (κ3) is 3.30. The van der Waals surface area contributed by atoms with Gasteiger partial charge < -0.3 is 0 Å². The molecule has 0 aliphatic carbocycles. The molecular weight excluding hydrogens is 343 g/mol. The predicted octanol–water partition coefficient (Wildman–Crippen LogP) is 5.14. The van der Waals surface area contributed by atoms with Crippen LogP contribution in [0.5, 0.6) is 0 Å². The fourth-order valence-corrected chi connectivity index (χ4v) is 1.11. The highest BCUT2D eigenvalue weighted by Crippen LogP contribution is 2.58. The summed E-state index contributed by atoms with van der Waals surface area (Å²) in [6.45, 7) is -0.433. The second-order valence-corrected chi connectivity index (χ2v) is 4.17. The second-order valence-electron chi connectivity index (χ2n) is 4.17. The van der Waals surface area contributed by atoms with Gasteiger partial charge in [0.1, 0.15) is 0 Å². The van der Waals surface area contributed by atoms with Crippen molar-refractivity contribution in [2.24, 2.45) is 0 Å². The van der Waals surface area contributed by atoms with Crippen molar-refractivity contribution in [3.8, 4) is 0 Å². The van der Waals surface area contributed by atoms with Gasteiger partial charge in [-0.15, -0.1) is 0 Å². The standard InChI is InChI=1S/C8H5F13/c1-3(9,10)2-4(11,12)5(13,14)6(15,16)7(17,18)8(19,20)21/h2H2,1H3. The summed E-state index contributed by atoms with van der Waals surface area (Å²) in [4.78, 5) is 0. The zero-order valence-corrected chi connectivity index (χ0v) is 9.62. The average molecular weight is 348 g/mol. The van der Waals surface area contributed by atoms with Crippen molar-refractivity contribution in [1.29, 1.82) is 0 Å². The molecule has 0 amide bonds. The molecule has 0 heterocycles. The molecule has 0 aromatic carbocycles. The number of alkyl halides is 13. The van der Waals surface area contributed by atoms with E-state index in [1.807, 2.05) is 0 Å². The highest BCUT2D eigenvalue weighted by molar-refractivity contribution is 5.06. The van der Waals surface area contributed by atoms with Gasteiger partial charge in [0.2, 0.25) is 0 Å². The summed E-state index contributed by atoms with van der Waals surface area (Å²) < 4.78 is 160. The maximum absolute atomic E-state index is 12.7. The fourth-order valence-electron chi connectivity index (χ4n) is 1.11. The van der Waals surface area contributed by atoms with Gasteiger partial charge in [-0.05, 0) is 6.92 Å². The van der Waals surface area contributed by atoms with Gasteiger partial charge in [0.15, 0.2) is 0 Å². The van der Waals surface area contributed by atoms with E-state index in [-0.39, 0.29) is 0 Å². The molecule has 0 aromatic rings. The third-order valence-electron chi connectivity index (χ3n) is 2.14. The Balaban J connectivity index is 5.89. The van der Waals surface area contributed by atoms with Crippen molar-refractivity contribution in [3.63, 3.8) is 0 Å². The van der Waals surface area contributed by atoms with Gasteiger partial charge in [-0.2, -0.15) is 48.3 Å². The monoisotopic (exact) mass is 348 g/mol. The van der Waals surface area contributed by atoms with Crippen LogP contribution in [0.15, 0.2) is 0 Å². The summed E-state index contributed by atoms with van der Waals surface area (Å²) >= 11 is 0. The minimum Gasteiger partial charge on any atom is -0.207 e. The number of halogens is 13. The van der Waals surface area contributed by atoms with Crippen LogP contribution in [0, 0.1) is 0 Å². The van der Waals surface area contributed by atoms with E-state index >= 15 is 0 Å². The Hall–Kier alpha value is -0.910. The number of rotatable bonds is 5. The maximum Gasteiger partial charge on any atom is 0.460 e. The van der Waals surface area contributed by atoms with Crippen molar-refractivity contribution in [1.82, 2.24) is 0 Å². The van der Waals surface area contributed by atoms with Gasteiger partial charge in [0, 0.05) is 0 Å². The smallest absolute Gasteiger partial charge is 0.207 e. The predicted molar refractivity (Wildman–Crippen MR) is 41.1 cm³/mol. The van der Waals surface area contributed by atoms with Crippen molar-refractivity contribution < 1.29 is 57.1 Å². The van der Waals surface area contributed by atoms with Crippen LogP contribution in [0.3, 0.4) is 0 Å². The molecule has 0 aliphatic rings. The first-order valence-corrected chi connectivity index (χ1v) is 4.66. The molecule has 0 nitrogen and oxygen atoms in total. The van der Waals surface area contributed by atoms with Crippen molar-refractivity contribution >= 4 is 0 Å². The minimum atomic E-state index is -7.65. The van der Waals surface area contributed by atoms with E-state index in [4.69, 9.17) is 0 Å². The number of hydrogen-bond donors (Lipinski definition) is 0. The minimum absolute atomic E-state index is 0.433. The van der Waals surface area contributed by atoms with Crippen LogP contribution in [0.4, 0.5) is 57.1 Å². The van der Waals surface area contributed by atoms with Crippen LogP contribution in [-0.2, 0) is 0 Å². The molecule has 0 N–H and O–H groups in total. The summed E-state index contributed by atoms with van der Waals surface area (Å²) in [5, 5.41) is 0. The SMILES string of the molecule is CC(F)(F)CC(F)(F)C(F)(F)C(F)(F)C(F)(F)C(F)(F)F. The molecule has 0 fully saturated rings. The van der Waals surface area contributed by atoms with Crippen LogP contribution in [0.2, 0.25) is 0 Å². The van der Waals surface area contributed by atoms with E-state index < -0.39 is 49.1 Å². The fraction of sp³-hybridized carbons (Fsp3) is 1.00. The molecule has 128 valence electrons. The molecule has 0 aliphatic heterocycles. The Morgan fingerprint density at radius 2 is 0.857 bits per heavy atom. The average Bonchev–Trinajstić information content (AvgIpc) is 2.10. The van der Waals surface area contributed by atoms with E-state index in [0.717, 1.165) is 0 Å². The summed E-state index contributed by atoms with van der Waals surface area (Å²) in [5.41, 5.74) is 0. The highest BCUT2D eigenvalue weighted by atomic mass is 19.4. The maximum atomic E-state index is 12.7. The quantitative estimate of drug-likeness (QED) is 0.604. The number of hydrogen-bond acceptors (Lipinski definition) is 0. The van der Waals surface area contributed by atoms with E-state index in [0.29, 0.717) is 0 Å². The molecular formula is C8H5F13. The van der Waals surface area contributed by atoms with Crippen LogP contribution < -0.4 is 0 Å². The first-order chi connectivity index (χ1) is 8.71. The molecule has 0 rings (SSSR count).